The maximum absolute atomic E-state index is 6.06. The Balaban J connectivity index is 0.00000264. The summed E-state index contributed by atoms with van der Waals surface area (Å²) in [5, 5.41) is 3.22. The van der Waals surface area contributed by atoms with Crippen LogP contribution in [-0.2, 0) is 0 Å². The third kappa shape index (κ3) is 6.30. The van der Waals surface area contributed by atoms with Crippen LogP contribution in [0, 0.1) is 0 Å². The van der Waals surface area contributed by atoms with E-state index in [0.29, 0.717) is 17.9 Å². The van der Waals surface area contributed by atoms with Crippen LogP contribution in [0.4, 0.5) is 5.69 Å². The second-order valence-corrected chi connectivity index (χ2v) is 6.41. The standard InChI is InChI=1S/C18H30N4.HI/c1-4-22-11-6-5-10-17(22)13-20-18(19)21-16-9-7-8-15(12-16)14(2)3;/h7-9,12,14,17H,4-6,10-11,13H2,1-3H3,(H3,19,20,21);1H. The number of likely N-dealkylation sites (N-methyl/N-ethyl adjacent to an activating group) is 1. The lowest BCUT2D eigenvalue weighted by atomic mass is 10.0. The number of aliphatic imine (C=N–C) groups is 1. The van der Waals surface area contributed by atoms with Gasteiger partial charge in [-0.1, -0.05) is 39.3 Å². The molecule has 0 aromatic heterocycles. The van der Waals surface area contributed by atoms with Gasteiger partial charge in [0.25, 0.3) is 0 Å². The van der Waals surface area contributed by atoms with Crippen LogP contribution in [0.2, 0.25) is 0 Å². The summed E-state index contributed by atoms with van der Waals surface area (Å²) in [5.41, 5.74) is 8.38. The van der Waals surface area contributed by atoms with Gasteiger partial charge in [-0.3, -0.25) is 9.89 Å². The van der Waals surface area contributed by atoms with Gasteiger partial charge in [0.15, 0.2) is 5.96 Å². The third-order valence-corrected chi connectivity index (χ3v) is 4.45. The molecule has 0 saturated carbocycles. The van der Waals surface area contributed by atoms with Gasteiger partial charge < -0.3 is 11.1 Å². The lowest BCUT2D eigenvalue weighted by Gasteiger charge is -2.33. The van der Waals surface area contributed by atoms with E-state index in [2.05, 4.69) is 54.2 Å². The number of hydrogen-bond acceptors (Lipinski definition) is 2. The summed E-state index contributed by atoms with van der Waals surface area (Å²) in [6.45, 7) is 9.69. The smallest absolute Gasteiger partial charge is 0.193 e. The number of nitrogens with one attached hydrogen (secondary N) is 1. The molecule has 0 bridgehead atoms. The summed E-state index contributed by atoms with van der Waals surface area (Å²) in [4.78, 5) is 7.07. The van der Waals surface area contributed by atoms with E-state index in [4.69, 9.17) is 5.73 Å². The van der Waals surface area contributed by atoms with E-state index in [1.807, 2.05) is 6.07 Å². The van der Waals surface area contributed by atoms with Crippen LogP contribution in [-0.4, -0.2) is 36.5 Å². The van der Waals surface area contributed by atoms with Gasteiger partial charge in [-0.15, -0.1) is 24.0 Å². The van der Waals surface area contributed by atoms with Crippen molar-refractivity contribution in [3.63, 3.8) is 0 Å². The fourth-order valence-corrected chi connectivity index (χ4v) is 3.05. The van der Waals surface area contributed by atoms with E-state index in [1.165, 1.54) is 31.4 Å². The van der Waals surface area contributed by atoms with E-state index in [9.17, 15) is 0 Å². The molecule has 5 heteroatoms. The Morgan fingerprint density at radius 3 is 2.87 bits per heavy atom. The van der Waals surface area contributed by atoms with E-state index in [-0.39, 0.29) is 24.0 Å². The number of halogens is 1. The number of benzene rings is 1. The Morgan fingerprint density at radius 2 is 2.17 bits per heavy atom. The highest BCUT2D eigenvalue weighted by Gasteiger charge is 2.20. The highest BCUT2D eigenvalue weighted by molar-refractivity contribution is 14.0. The van der Waals surface area contributed by atoms with Crippen molar-refractivity contribution in [2.45, 2.75) is 52.0 Å². The molecule has 0 radical (unpaired) electrons. The van der Waals surface area contributed by atoms with E-state index in [1.54, 1.807) is 0 Å². The summed E-state index contributed by atoms with van der Waals surface area (Å²) < 4.78 is 0. The van der Waals surface area contributed by atoms with Gasteiger partial charge in [0.1, 0.15) is 0 Å². The van der Waals surface area contributed by atoms with E-state index >= 15 is 0 Å². The van der Waals surface area contributed by atoms with Crippen LogP contribution >= 0.6 is 24.0 Å². The molecule has 3 N–H and O–H groups in total. The fraction of sp³-hybridized carbons (Fsp3) is 0.611. The molecule has 1 unspecified atom stereocenters. The van der Waals surface area contributed by atoms with Crippen LogP contribution in [0.5, 0.6) is 0 Å². The van der Waals surface area contributed by atoms with Crippen LogP contribution in [0.15, 0.2) is 29.3 Å². The second-order valence-electron chi connectivity index (χ2n) is 6.41. The Morgan fingerprint density at radius 1 is 1.39 bits per heavy atom. The zero-order valence-electron chi connectivity index (χ0n) is 14.6. The van der Waals surface area contributed by atoms with Crippen LogP contribution in [0.3, 0.4) is 0 Å². The zero-order valence-corrected chi connectivity index (χ0v) is 16.9. The predicted octanol–water partition coefficient (Wildman–Crippen LogP) is 4.03. The maximum Gasteiger partial charge on any atom is 0.193 e. The summed E-state index contributed by atoms with van der Waals surface area (Å²) in [5.74, 6) is 1.03. The molecule has 1 fully saturated rings. The minimum Gasteiger partial charge on any atom is -0.370 e. The molecule has 1 aromatic carbocycles. The minimum atomic E-state index is 0. The summed E-state index contributed by atoms with van der Waals surface area (Å²) in [7, 11) is 0. The van der Waals surface area contributed by atoms with Crippen molar-refractivity contribution in [1.82, 2.24) is 4.90 Å². The Bertz CT molecular complexity index is 502. The first-order valence-corrected chi connectivity index (χ1v) is 8.51. The fourth-order valence-electron chi connectivity index (χ4n) is 3.05. The molecule has 1 saturated heterocycles. The number of guanidine groups is 1. The van der Waals surface area contributed by atoms with E-state index in [0.717, 1.165) is 18.8 Å². The molecule has 1 heterocycles. The van der Waals surface area contributed by atoms with Gasteiger partial charge in [-0.2, -0.15) is 0 Å². The molecule has 1 aliphatic heterocycles. The number of likely N-dealkylation sites (tertiary alicyclic amines) is 1. The average Bonchev–Trinajstić information content (AvgIpc) is 2.53. The van der Waals surface area contributed by atoms with Crippen molar-refractivity contribution in [2.24, 2.45) is 10.7 Å². The molecule has 0 aliphatic carbocycles. The highest BCUT2D eigenvalue weighted by Crippen LogP contribution is 2.19. The lowest BCUT2D eigenvalue weighted by molar-refractivity contribution is 0.161. The van der Waals surface area contributed by atoms with Gasteiger partial charge in [0.05, 0.1) is 6.54 Å². The number of rotatable bonds is 5. The van der Waals surface area contributed by atoms with Crippen molar-refractivity contribution < 1.29 is 0 Å². The molecule has 4 nitrogen and oxygen atoms in total. The van der Waals surface area contributed by atoms with Crippen molar-refractivity contribution >= 4 is 35.6 Å². The largest absolute Gasteiger partial charge is 0.370 e. The van der Waals surface area contributed by atoms with Gasteiger partial charge in [-0.05, 0) is 49.5 Å². The first-order valence-electron chi connectivity index (χ1n) is 8.51. The van der Waals surface area contributed by atoms with Crippen molar-refractivity contribution in [3.05, 3.63) is 29.8 Å². The van der Waals surface area contributed by atoms with Gasteiger partial charge in [0.2, 0.25) is 0 Å². The number of piperidine rings is 1. The highest BCUT2D eigenvalue weighted by atomic mass is 127. The van der Waals surface area contributed by atoms with Gasteiger partial charge >= 0.3 is 0 Å². The Hall–Kier alpha value is -0.820. The topological polar surface area (TPSA) is 53.6 Å². The molecule has 23 heavy (non-hydrogen) atoms. The summed E-state index contributed by atoms with van der Waals surface area (Å²) in [6, 6.07) is 8.93. The summed E-state index contributed by atoms with van der Waals surface area (Å²) >= 11 is 0. The third-order valence-electron chi connectivity index (χ3n) is 4.45. The molecule has 0 amide bonds. The van der Waals surface area contributed by atoms with Crippen LogP contribution in [0.25, 0.3) is 0 Å². The lowest BCUT2D eigenvalue weighted by Crippen LogP contribution is -2.41. The normalized spacial score (nSPS) is 19.5. The average molecular weight is 430 g/mol. The molecule has 130 valence electrons. The quantitative estimate of drug-likeness (QED) is 0.422. The molecule has 1 atom stereocenters. The van der Waals surface area contributed by atoms with Crippen molar-refractivity contribution in [3.8, 4) is 0 Å². The molecule has 0 spiro atoms. The Labute approximate surface area is 157 Å². The minimum absolute atomic E-state index is 0. The SMILES string of the molecule is CCN1CCCCC1CN=C(N)Nc1cccc(C(C)C)c1.I. The monoisotopic (exact) mass is 430 g/mol. The first-order chi connectivity index (χ1) is 10.6. The number of nitrogens with two attached hydrogens (primary N) is 1. The van der Waals surface area contributed by atoms with Crippen LogP contribution in [0.1, 0.15) is 51.5 Å². The summed E-state index contributed by atoms with van der Waals surface area (Å²) in [6.07, 6.45) is 3.84. The van der Waals surface area contributed by atoms with E-state index < -0.39 is 0 Å². The molecule has 2 rings (SSSR count). The molecular formula is C18H31IN4. The number of anilines is 1. The van der Waals surface area contributed by atoms with Crippen molar-refractivity contribution in [1.29, 1.82) is 0 Å². The molecule has 1 aliphatic rings. The predicted molar refractivity (Wildman–Crippen MR) is 111 cm³/mol. The van der Waals surface area contributed by atoms with Gasteiger partial charge in [0, 0.05) is 11.7 Å². The van der Waals surface area contributed by atoms with Crippen LogP contribution < -0.4 is 11.1 Å². The maximum atomic E-state index is 6.06. The zero-order chi connectivity index (χ0) is 15.9. The molecule has 1 aromatic rings. The first kappa shape index (κ1) is 20.2. The van der Waals surface area contributed by atoms with Crippen molar-refractivity contribution in [2.75, 3.05) is 25.0 Å². The van der Waals surface area contributed by atoms with Gasteiger partial charge in [-0.25, -0.2) is 0 Å². The Kier molecular flexibility index (Phi) is 8.91. The second kappa shape index (κ2) is 10.1. The number of nitrogens with zero attached hydrogens (tertiary/aromatic N) is 2. The molecular weight excluding hydrogens is 399 g/mol. The number of hydrogen-bond donors (Lipinski definition) is 2.